The van der Waals surface area contributed by atoms with E-state index in [1.807, 2.05) is 26.0 Å². The molecule has 2 heterocycles. The van der Waals surface area contributed by atoms with Crippen molar-refractivity contribution in [1.82, 2.24) is 9.55 Å². The van der Waals surface area contributed by atoms with Crippen LogP contribution in [0.5, 0.6) is 5.75 Å². The number of thiophene rings is 1. The molecule has 0 radical (unpaired) electrons. The first kappa shape index (κ1) is 20.1. The Bertz CT molecular complexity index is 1110. The van der Waals surface area contributed by atoms with Gasteiger partial charge >= 0.3 is 0 Å². The van der Waals surface area contributed by atoms with Crippen molar-refractivity contribution >= 4 is 21.6 Å². The maximum atomic E-state index is 13.5. The van der Waals surface area contributed by atoms with Crippen molar-refractivity contribution in [2.45, 2.75) is 53.0 Å². The van der Waals surface area contributed by atoms with Crippen molar-refractivity contribution in [3.8, 4) is 22.9 Å². The third-order valence-electron chi connectivity index (χ3n) is 4.84. The Kier molecular flexibility index (Phi) is 6.15. The molecule has 0 saturated carbocycles. The zero-order valence-electron chi connectivity index (χ0n) is 16.8. The highest BCUT2D eigenvalue weighted by atomic mass is 32.1. The van der Waals surface area contributed by atoms with Crippen LogP contribution in [0.4, 0.5) is 0 Å². The van der Waals surface area contributed by atoms with Crippen LogP contribution in [0.25, 0.3) is 21.3 Å². The molecule has 3 aromatic rings. The van der Waals surface area contributed by atoms with Gasteiger partial charge in [-0.1, -0.05) is 18.6 Å². The second-order valence-corrected chi connectivity index (χ2v) is 8.12. The minimum atomic E-state index is -0.0192. The third kappa shape index (κ3) is 3.67. The summed E-state index contributed by atoms with van der Waals surface area (Å²) in [6, 6.07) is 8.17. The lowest BCUT2D eigenvalue weighted by Crippen LogP contribution is -2.25. The van der Waals surface area contributed by atoms with E-state index in [4.69, 9.17) is 15.0 Å². The topological polar surface area (TPSA) is 67.9 Å². The van der Waals surface area contributed by atoms with E-state index in [1.54, 1.807) is 23.0 Å². The van der Waals surface area contributed by atoms with Gasteiger partial charge in [-0.15, -0.1) is 11.3 Å². The summed E-state index contributed by atoms with van der Waals surface area (Å²) in [6.45, 7) is 6.66. The number of nitriles is 1. The van der Waals surface area contributed by atoms with Crippen LogP contribution in [0.1, 0.15) is 42.5 Å². The van der Waals surface area contributed by atoms with Crippen LogP contribution in [-0.2, 0) is 13.0 Å². The number of aryl methyl sites for hydroxylation is 3. The summed E-state index contributed by atoms with van der Waals surface area (Å²) in [5, 5.41) is 9.53. The van der Waals surface area contributed by atoms with Crippen LogP contribution in [0.2, 0.25) is 0 Å². The number of hydrogen-bond acceptors (Lipinski definition) is 5. The number of methoxy groups -OCH3 is 1. The molecular weight excluding hydrogens is 370 g/mol. The fraction of sp³-hybridized carbons (Fsp3) is 0.409. The summed E-state index contributed by atoms with van der Waals surface area (Å²) >= 11 is 1.56. The zero-order chi connectivity index (χ0) is 20.3. The molecule has 6 heteroatoms. The summed E-state index contributed by atoms with van der Waals surface area (Å²) in [4.78, 5) is 20.2. The Hall–Kier alpha value is -2.65. The molecule has 0 aliphatic rings. The highest BCUT2D eigenvalue weighted by Gasteiger charge is 2.21. The Morgan fingerprint density at radius 1 is 1.32 bits per heavy atom. The van der Waals surface area contributed by atoms with Gasteiger partial charge in [-0.2, -0.15) is 5.26 Å². The van der Waals surface area contributed by atoms with Crippen molar-refractivity contribution < 1.29 is 4.74 Å². The molecule has 0 fully saturated rings. The Balaban J connectivity index is 2.30. The molecule has 0 bridgehead atoms. The van der Waals surface area contributed by atoms with E-state index in [9.17, 15) is 4.79 Å². The van der Waals surface area contributed by atoms with Crippen LogP contribution >= 0.6 is 11.3 Å². The number of benzene rings is 1. The number of rotatable bonds is 7. The number of fused-ring (bicyclic) bond motifs is 1. The molecule has 0 unspecified atom stereocenters. The summed E-state index contributed by atoms with van der Waals surface area (Å²) < 4.78 is 7.34. The summed E-state index contributed by atoms with van der Waals surface area (Å²) in [5.74, 6) is 1.56. The molecule has 0 spiro atoms. The second kappa shape index (κ2) is 8.57. The Morgan fingerprint density at radius 2 is 2.11 bits per heavy atom. The number of aromatic nitrogens is 2. The van der Waals surface area contributed by atoms with Gasteiger partial charge in [-0.05, 0) is 38.8 Å². The lowest BCUT2D eigenvalue weighted by atomic mass is 10.0. The van der Waals surface area contributed by atoms with Gasteiger partial charge in [-0.3, -0.25) is 9.36 Å². The molecule has 146 valence electrons. The van der Waals surface area contributed by atoms with E-state index >= 15 is 0 Å². The summed E-state index contributed by atoms with van der Waals surface area (Å²) in [7, 11) is 1.65. The zero-order valence-corrected chi connectivity index (χ0v) is 17.7. The fourth-order valence-electron chi connectivity index (χ4n) is 3.54. The lowest BCUT2D eigenvalue weighted by molar-refractivity contribution is 0.416. The van der Waals surface area contributed by atoms with Crippen LogP contribution in [0.3, 0.4) is 0 Å². The average molecular weight is 396 g/mol. The van der Waals surface area contributed by atoms with Gasteiger partial charge in [0, 0.05) is 35.4 Å². The van der Waals surface area contributed by atoms with Crippen LogP contribution < -0.4 is 10.3 Å². The average Bonchev–Trinajstić information content (AvgIpc) is 3.00. The minimum Gasteiger partial charge on any atom is -0.496 e. The largest absolute Gasteiger partial charge is 0.496 e. The van der Waals surface area contributed by atoms with Gasteiger partial charge in [0.1, 0.15) is 16.4 Å². The van der Waals surface area contributed by atoms with Crippen LogP contribution in [0.15, 0.2) is 23.0 Å². The van der Waals surface area contributed by atoms with Crippen LogP contribution in [-0.4, -0.2) is 16.7 Å². The SMILES string of the molecule is CCCc1nc2sc(C)c(-c3cc(C)ccc3OC)c2c(=O)n1CCCC#N. The van der Waals surface area contributed by atoms with Gasteiger partial charge in [0.05, 0.1) is 18.6 Å². The fourth-order valence-corrected chi connectivity index (χ4v) is 4.59. The normalized spacial score (nSPS) is 11.0. The van der Waals surface area contributed by atoms with Gasteiger partial charge in [-0.25, -0.2) is 4.98 Å². The van der Waals surface area contributed by atoms with Gasteiger partial charge in [0.15, 0.2) is 0 Å². The Labute approximate surface area is 169 Å². The molecule has 3 rings (SSSR count). The highest BCUT2D eigenvalue weighted by Crippen LogP contribution is 2.40. The first-order valence-electron chi connectivity index (χ1n) is 9.56. The summed E-state index contributed by atoms with van der Waals surface area (Å²) in [6.07, 6.45) is 2.74. The van der Waals surface area contributed by atoms with Gasteiger partial charge in [0.2, 0.25) is 0 Å². The van der Waals surface area contributed by atoms with Crippen molar-refractivity contribution in [2.24, 2.45) is 0 Å². The molecule has 0 N–H and O–H groups in total. The first-order chi connectivity index (χ1) is 13.5. The minimum absolute atomic E-state index is 0.0192. The van der Waals surface area contributed by atoms with E-state index in [2.05, 4.69) is 19.1 Å². The third-order valence-corrected chi connectivity index (χ3v) is 5.83. The lowest BCUT2D eigenvalue weighted by Gasteiger charge is -2.13. The van der Waals surface area contributed by atoms with Crippen molar-refractivity contribution in [3.63, 3.8) is 0 Å². The molecule has 1 aromatic carbocycles. The standard InChI is InChI=1S/C22H25N3O2S/c1-5-8-18-24-21-20(22(26)25(18)12-7-6-11-23)19(15(3)28-21)16-13-14(2)9-10-17(16)27-4/h9-10,13H,5-8,12H2,1-4H3. The van der Waals surface area contributed by atoms with Crippen molar-refractivity contribution in [1.29, 1.82) is 5.26 Å². The van der Waals surface area contributed by atoms with Gasteiger partial charge < -0.3 is 4.74 Å². The molecule has 0 aliphatic carbocycles. The molecule has 2 aromatic heterocycles. The van der Waals surface area contributed by atoms with E-state index in [1.165, 1.54) is 0 Å². The molecule has 0 saturated heterocycles. The maximum Gasteiger partial charge on any atom is 0.262 e. The number of ether oxygens (including phenoxy) is 1. The molecule has 0 atom stereocenters. The van der Waals surface area contributed by atoms with E-state index in [0.717, 1.165) is 50.8 Å². The predicted molar refractivity (Wildman–Crippen MR) is 114 cm³/mol. The molecule has 5 nitrogen and oxygen atoms in total. The number of nitrogens with zero attached hydrogens (tertiary/aromatic N) is 3. The second-order valence-electron chi connectivity index (χ2n) is 6.91. The maximum absolute atomic E-state index is 13.5. The molecule has 28 heavy (non-hydrogen) atoms. The smallest absolute Gasteiger partial charge is 0.262 e. The molecule has 0 aliphatic heterocycles. The van der Waals surface area contributed by atoms with Crippen molar-refractivity contribution in [2.75, 3.05) is 7.11 Å². The number of hydrogen-bond donors (Lipinski definition) is 0. The van der Waals surface area contributed by atoms with E-state index < -0.39 is 0 Å². The van der Waals surface area contributed by atoms with Crippen molar-refractivity contribution in [3.05, 3.63) is 44.8 Å². The van der Waals surface area contributed by atoms with Crippen LogP contribution in [0, 0.1) is 25.2 Å². The monoisotopic (exact) mass is 395 g/mol. The molecular formula is C22H25N3O2S. The highest BCUT2D eigenvalue weighted by molar-refractivity contribution is 7.19. The summed E-state index contributed by atoms with van der Waals surface area (Å²) in [5.41, 5.74) is 2.93. The van der Waals surface area contributed by atoms with E-state index in [-0.39, 0.29) is 5.56 Å². The quantitative estimate of drug-likeness (QED) is 0.528. The Morgan fingerprint density at radius 3 is 2.79 bits per heavy atom. The first-order valence-corrected chi connectivity index (χ1v) is 10.4. The van der Waals surface area contributed by atoms with E-state index in [0.29, 0.717) is 24.8 Å². The number of unbranched alkanes of at least 4 members (excludes halogenated alkanes) is 1. The molecule has 0 amide bonds. The predicted octanol–water partition coefficient (Wildman–Crippen LogP) is 5.01. The van der Waals surface area contributed by atoms with Gasteiger partial charge in [0.25, 0.3) is 5.56 Å².